The lowest BCUT2D eigenvalue weighted by Crippen LogP contribution is -2.08. The van der Waals surface area contributed by atoms with Gasteiger partial charge in [0.05, 0.1) is 17.3 Å². The molecule has 1 aromatic carbocycles. The third-order valence-corrected chi connectivity index (χ3v) is 4.34. The monoisotopic (exact) mass is 292 g/mol. The lowest BCUT2D eigenvalue weighted by molar-refractivity contribution is -0.0391. The van der Waals surface area contributed by atoms with E-state index in [1.54, 1.807) is 18.2 Å². The summed E-state index contributed by atoms with van der Waals surface area (Å²) in [6.45, 7) is 0.510. The SMILES string of the molecule is COCOCc1cccc(S(=O)(=O)CCCCl)c1. The molecule has 0 unspecified atom stereocenters. The van der Waals surface area contributed by atoms with Gasteiger partial charge in [-0.2, -0.15) is 0 Å². The Kier molecular flexibility index (Phi) is 6.63. The number of ether oxygens (including phenoxy) is 2. The summed E-state index contributed by atoms with van der Waals surface area (Å²) < 4.78 is 33.8. The van der Waals surface area contributed by atoms with Crippen molar-refractivity contribution in [3.63, 3.8) is 0 Å². The van der Waals surface area contributed by atoms with Gasteiger partial charge in [0.25, 0.3) is 0 Å². The van der Waals surface area contributed by atoms with Gasteiger partial charge >= 0.3 is 0 Å². The van der Waals surface area contributed by atoms with E-state index in [-0.39, 0.29) is 12.5 Å². The molecule has 0 aliphatic carbocycles. The van der Waals surface area contributed by atoms with Crippen molar-refractivity contribution in [1.29, 1.82) is 0 Å². The summed E-state index contributed by atoms with van der Waals surface area (Å²) >= 11 is 5.51. The fraction of sp³-hybridized carbons (Fsp3) is 0.500. The van der Waals surface area contributed by atoms with Gasteiger partial charge in [-0.05, 0) is 24.1 Å². The van der Waals surface area contributed by atoms with Crippen LogP contribution in [0.4, 0.5) is 0 Å². The van der Waals surface area contributed by atoms with Crippen molar-refractivity contribution in [1.82, 2.24) is 0 Å². The first kappa shape index (κ1) is 15.4. The lowest BCUT2D eigenvalue weighted by Gasteiger charge is -2.07. The minimum Gasteiger partial charge on any atom is -0.359 e. The second-order valence-electron chi connectivity index (χ2n) is 3.76. The Morgan fingerprint density at radius 1 is 1.33 bits per heavy atom. The summed E-state index contributed by atoms with van der Waals surface area (Å²) in [5, 5.41) is 0. The van der Waals surface area contributed by atoms with E-state index in [2.05, 4.69) is 0 Å². The van der Waals surface area contributed by atoms with E-state index in [9.17, 15) is 8.42 Å². The Morgan fingerprint density at radius 3 is 2.78 bits per heavy atom. The van der Waals surface area contributed by atoms with Gasteiger partial charge in [0, 0.05) is 13.0 Å². The minimum atomic E-state index is -3.25. The average molecular weight is 293 g/mol. The van der Waals surface area contributed by atoms with Crippen LogP contribution < -0.4 is 0 Å². The van der Waals surface area contributed by atoms with Crippen molar-refractivity contribution in [3.05, 3.63) is 29.8 Å². The van der Waals surface area contributed by atoms with E-state index >= 15 is 0 Å². The Balaban J connectivity index is 2.74. The van der Waals surface area contributed by atoms with Gasteiger partial charge in [-0.1, -0.05) is 12.1 Å². The van der Waals surface area contributed by atoms with Crippen LogP contribution in [-0.4, -0.2) is 34.0 Å². The van der Waals surface area contributed by atoms with E-state index in [1.165, 1.54) is 7.11 Å². The molecule has 0 bridgehead atoms. The number of rotatable bonds is 8. The molecule has 0 aromatic heterocycles. The maximum atomic E-state index is 11.9. The van der Waals surface area contributed by atoms with Crippen LogP contribution in [0.5, 0.6) is 0 Å². The molecule has 0 radical (unpaired) electrons. The molecule has 6 heteroatoms. The summed E-state index contributed by atoms with van der Waals surface area (Å²) in [6, 6.07) is 6.73. The summed E-state index contributed by atoms with van der Waals surface area (Å²) in [6.07, 6.45) is 0.453. The van der Waals surface area contributed by atoms with Crippen molar-refractivity contribution in [2.45, 2.75) is 17.9 Å². The molecule has 0 amide bonds. The van der Waals surface area contributed by atoms with E-state index < -0.39 is 9.84 Å². The molecular formula is C12H17ClO4S. The first-order valence-electron chi connectivity index (χ1n) is 5.54. The Bertz CT molecular complexity index is 459. The molecule has 1 aromatic rings. The third kappa shape index (κ3) is 4.94. The second kappa shape index (κ2) is 7.74. The van der Waals surface area contributed by atoms with Gasteiger partial charge < -0.3 is 9.47 Å². The fourth-order valence-electron chi connectivity index (χ4n) is 1.43. The second-order valence-corrected chi connectivity index (χ2v) is 6.25. The van der Waals surface area contributed by atoms with E-state index in [0.717, 1.165) is 5.56 Å². The molecule has 0 heterocycles. The summed E-state index contributed by atoms with van der Waals surface area (Å²) in [4.78, 5) is 0.311. The molecule has 0 fully saturated rings. The van der Waals surface area contributed by atoms with Gasteiger partial charge in [-0.25, -0.2) is 8.42 Å². The van der Waals surface area contributed by atoms with Gasteiger partial charge in [-0.3, -0.25) is 0 Å². The molecule has 102 valence electrons. The van der Waals surface area contributed by atoms with E-state index in [0.29, 0.717) is 23.8 Å². The third-order valence-electron chi connectivity index (χ3n) is 2.27. The van der Waals surface area contributed by atoms with Crippen LogP contribution in [0.25, 0.3) is 0 Å². The molecule has 0 N–H and O–H groups in total. The maximum absolute atomic E-state index is 11.9. The van der Waals surface area contributed by atoms with Crippen molar-refractivity contribution in [3.8, 4) is 0 Å². The molecule has 0 atom stereocenters. The molecule has 1 rings (SSSR count). The van der Waals surface area contributed by atoms with Crippen molar-refractivity contribution >= 4 is 21.4 Å². The van der Waals surface area contributed by atoms with Crippen molar-refractivity contribution in [2.75, 3.05) is 25.5 Å². The van der Waals surface area contributed by atoms with Crippen LogP contribution in [-0.2, 0) is 25.9 Å². The highest BCUT2D eigenvalue weighted by atomic mass is 35.5. The summed E-state index contributed by atoms with van der Waals surface area (Å²) in [7, 11) is -1.71. The van der Waals surface area contributed by atoms with Crippen LogP contribution in [0, 0.1) is 0 Å². The number of benzene rings is 1. The van der Waals surface area contributed by atoms with Gasteiger partial charge in [0.15, 0.2) is 9.84 Å². The van der Waals surface area contributed by atoms with Crippen LogP contribution in [0.2, 0.25) is 0 Å². The highest BCUT2D eigenvalue weighted by molar-refractivity contribution is 7.91. The van der Waals surface area contributed by atoms with Crippen molar-refractivity contribution in [2.24, 2.45) is 0 Å². The van der Waals surface area contributed by atoms with E-state index in [4.69, 9.17) is 21.1 Å². The summed E-state index contributed by atoms with van der Waals surface area (Å²) in [5.41, 5.74) is 0.805. The van der Waals surface area contributed by atoms with Gasteiger partial charge in [0.1, 0.15) is 6.79 Å². The highest BCUT2D eigenvalue weighted by Gasteiger charge is 2.14. The number of hydrogen-bond acceptors (Lipinski definition) is 4. The molecule has 0 saturated carbocycles. The zero-order valence-electron chi connectivity index (χ0n) is 10.3. The number of halogens is 1. The van der Waals surface area contributed by atoms with Crippen LogP contribution in [0.15, 0.2) is 29.2 Å². The molecule has 18 heavy (non-hydrogen) atoms. The first-order chi connectivity index (χ1) is 8.60. The normalized spacial score (nSPS) is 11.7. The molecule has 0 saturated heterocycles. The highest BCUT2D eigenvalue weighted by Crippen LogP contribution is 2.15. The van der Waals surface area contributed by atoms with Gasteiger partial charge in [-0.15, -0.1) is 11.6 Å². The van der Waals surface area contributed by atoms with E-state index in [1.807, 2.05) is 6.07 Å². The number of alkyl halides is 1. The summed E-state index contributed by atoms with van der Waals surface area (Å²) in [5.74, 6) is 0.411. The Labute approximate surface area is 113 Å². The molecule has 0 aliphatic rings. The zero-order chi connectivity index (χ0) is 13.4. The minimum absolute atomic E-state index is 0.0683. The van der Waals surface area contributed by atoms with Crippen LogP contribution >= 0.6 is 11.6 Å². The topological polar surface area (TPSA) is 52.6 Å². The lowest BCUT2D eigenvalue weighted by atomic mass is 10.2. The average Bonchev–Trinajstić information content (AvgIpc) is 2.37. The molecule has 4 nitrogen and oxygen atoms in total. The smallest absolute Gasteiger partial charge is 0.178 e. The molecule has 0 spiro atoms. The van der Waals surface area contributed by atoms with Crippen LogP contribution in [0.3, 0.4) is 0 Å². The predicted octanol–water partition coefficient (Wildman–Crippen LogP) is 2.21. The number of methoxy groups -OCH3 is 1. The Morgan fingerprint density at radius 2 is 2.11 bits per heavy atom. The fourth-order valence-corrected chi connectivity index (χ4v) is 3.10. The maximum Gasteiger partial charge on any atom is 0.178 e. The zero-order valence-corrected chi connectivity index (χ0v) is 11.8. The quantitative estimate of drug-likeness (QED) is 0.419. The van der Waals surface area contributed by atoms with Crippen LogP contribution in [0.1, 0.15) is 12.0 Å². The molecule has 0 aliphatic heterocycles. The number of hydrogen-bond donors (Lipinski definition) is 0. The van der Waals surface area contributed by atoms with Crippen molar-refractivity contribution < 1.29 is 17.9 Å². The standard InChI is InChI=1S/C12H17ClO4S/c1-16-10-17-9-11-4-2-5-12(8-11)18(14,15)7-3-6-13/h2,4-5,8H,3,6-7,9-10H2,1H3. The number of sulfone groups is 1. The molecular weight excluding hydrogens is 276 g/mol. The largest absolute Gasteiger partial charge is 0.359 e. The van der Waals surface area contributed by atoms with Gasteiger partial charge in [0.2, 0.25) is 0 Å². The Hall–Kier alpha value is -0.620. The first-order valence-corrected chi connectivity index (χ1v) is 7.73. The predicted molar refractivity (Wildman–Crippen MR) is 70.5 cm³/mol.